The highest BCUT2D eigenvalue weighted by Gasteiger charge is 2.13. The average Bonchev–Trinajstić information content (AvgIpc) is 2.74. The summed E-state index contributed by atoms with van der Waals surface area (Å²) in [5.74, 6) is -0.461. The number of nitrogens with zero attached hydrogens (tertiary/aromatic N) is 3. The molecule has 0 aliphatic heterocycles. The summed E-state index contributed by atoms with van der Waals surface area (Å²) in [5.41, 5.74) is 0.846. The van der Waals surface area contributed by atoms with Gasteiger partial charge in [0, 0.05) is 11.5 Å². The molecule has 1 aromatic carbocycles. The van der Waals surface area contributed by atoms with Crippen molar-refractivity contribution in [2.24, 2.45) is 0 Å². The largest absolute Gasteiger partial charge is 0.507 e. The Hall–Kier alpha value is -2.02. The number of aromatic hydroxyl groups is 1. The number of phenolic OH excluding ortho intramolecular Hbond substituents is 1. The van der Waals surface area contributed by atoms with Gasteiger partial charge in [-0.3, -0.25) is 10.1 Å². The van der Waals surface area contributed by atoms with Crippen LogP contribution in [0, 0.1) is 6.92 Å². The first-order chi connectivity index (χ1) is 7.68. The fourth-order valence-corrected chi connectivity index (χ4v) is 1.55. The highest BCUT2D eigenvalue weighted by Crippen LogP contribution is 2.22. The fraction of sp³-hybridized carbons (Fsp3) is 0.111. The predicted molar refractivity (Wildman–Crippen MR) is 58.5 cm³/mol. The normalized spacial score (nSPS) is 10.1. The number of amides is 1. The molecule has 0 bridgehead atoms. The van der Waals surface area contributed by atoms with Crippen LogP contribution < -0.4 is 5.32 Å². The number of aromatic nitrogens is 3. The summed E-state index contributed by atoms with van der Waals surface area (Å²) in [6.07, 6.45) is 0. The molecule has 0 unspecified atom stereocenters. The van der Waals surface area contributed by atoms with Crippen LogP contribution >= 0.6 is 11.5 Å². The van der Waals surface area contributed by atoms with Crippen LogP contribution in [-0.2, 0) is 0 Å². The van der Waals surface area contributed by atoms with Gasteiger partial charge in [0.2, 0.25) is 5.13 Å². The van der Waals surface area contributed by atoms with Gasteiger partial charge in [-0.2, -0.15) is 0 Å². The smallest absolute Gasteiger partial charge is 0.261 e. The van der Waals surface area contributed by atoms with Crippen LogP contribution in [0.15, 0.2) is 18.2 Å². The zero-order valence-electron chi connectivity index (χ0n) is 8.34. The number of carbonyl (C=O) groups is 1. The first kappa shape index (κ1) is 10.5. The van der Waals surface area contributed by atoms with Crippen molar-refractivity contribution < 1.29 is 9.90 Å². The second-order valence-electron chi connectivity index (χ2n) is 3.09. The van der Waals surface area contributed by atoms with E-state index in [9.17, 15) is 9.90 Å². The highest BCUT2D eigenvalue weighted by molar-refractivity contribution is 7.09. The molecule has 16 heavy (non-hydrogen) atoms. The summed E-state index contributed by atoms with van der Waals surface area (Å²) in [5, 5.41) is 19.4. The molecule has 82 valence electrons. The highest BCUT2D eigenvalue weighted by atomic mass is 32.1. The minimum atomic E-state index is -0.431. The number of hydrogen-bond donors (Lipinski definition) is 2. The van der Waals surface area contributed by atoms with E-state index in [1.54, 1.807) is 19.1 Å². The maximum absolute atomic E-state index is 11.7. The van der Waals surface area contributed by atoms with Crippen molar-refractivity contribution in [3.05, 3.63) is 29.3 Å². The Morgan fingerprint density at radius 1 is 1.50 bits per heavy atom. The third-order valence-corrected chi connectivity index (χ3v) is 2.51. The number of para-hydroxylation sites is 1. The molecular formula is C9H8N4O2S. The quantitative estimate of drug-likeness (QED) is 0.818. The third kappa shape index (κ3) is 1.98. The fourth-order valence-electron chi connectivity index (χ4n) is 1.19. The Balaban J connectivity index is 2.24. The first-order valence-corrected chi connectivity index (χ1v) is 5.21. The molecule has 0 atom stereocenters. The summed E-state index contributed by atoms with van der Waals surface area (Å²) in [6.45, 7) is 1.72. The Kier molecular flexibility index (Phi) is 2.78. The second-order valence-corrected chi connectivity index (χ2v) is 3.83. The lowest BCUT2D eigenvalue weighted by Gasteiger charge is -2.05. The summed E-state index contributed by atoms with van der Waals surface area (Å²) < 4.78 is 3.51. The molecule has 0 spiro atoms. The Morgan fingerprint density at radius 3 is 3.00 bits per heavy atom. The van der Waals surface area contributed by atoms with Gasteiger partial charge >= 0.3 is 0 Å². The molecule has 6 nitrogen and oxygen atoms in total. The Bertz CT molecular complexity index is 512. The van der Waals surface area contributed by atoms with E-state index in [4.69, 9.17) is 0 Å². The van der Waals surface area contributed by atoms with Crippen LogP contribution in [0.3, 0.4) is 0 Å². The molecule has 0 saturated heterocycles. The van der Waals surface area contributed by atoms with Gasteiger partial charge in [0.05, 0.1) is 5.56 Å². The standard InChI is InChI=1S/C9H8N4O2S/c1-5-3-2-4-6(7(5)14)8(15)10-9-11-12-13-16-9/h2-4,14H,1H3,(H,10,11,13,15). The number of carbonyl (C=O) groups excluding carboxylic acids is 1. The molecule has 2 N–H and O–H groups in total. The maximum atomic E-state index is 11.7. The van der Waals surface area contributed by atoms with Crippen molar-refractivity contribution in [2.45, 2.75) is 6.92 Å². The van der Waals surface area contributed by atoms with Crippen molar-refractivity contribution in [3.8, 4) is 5.75 Å². The summed E-state index contributed by atoms with van der Waals surface area (Å²) >= 11 is 0.970. The van der Waals surface area contributed by atoms with Crippen LogP contribution in [0.2, 0.25) is 0 Å². The molecular weight excluding hydrogens is 228 g/mol. The van der Waals surface area contributed by atoms with E-state index in [0.717, 1.165) is 11.5 Å². The van der Waals surface area contributed by atoms with Crippen LogP contribution in [0.25, 0.3) is 0 Å². The minimum Gasteiger partial charge on any atom is -0.507 e. The number of benzene rings is 1. The molecule has 2 aromatic rings. The van der Waals surface area contributed by atoms with Crippen molar-refractivity contribution in [3.63, 3.8) is 0 Å². The van der Waals surface area contributed by atoms with Gasteiger partial charge in [-0.1, -0.05) is 21.7 Å². The van der Waals surface area contributed by atoms with Crippen molar-refractivity contribution >= 4 is 22.6 Å². The van der Waals surface area contributed by atoms with E-state index < -0.39 is 5.91 Å². The van der Waals surface area contributed by atoms with Crippen LogP contribution in [0.4, 0.5) is 5.13 Å². The van der Waals surface area contributed by atoms with Crippen LogP contribution in [-0.4, -0.2) is 25.8 Å². The maximum Gasteiger partial charge on any atom is 0.261 e. The lowest BCUT2D eigenvalue weighted by atomic mass is 10.1. The van der Waals surface area contributed by atoms with Gasteiger partial charge < -0.3 is 5.11 Å². The summed E-state index contributed by atoms with van der Waals surface area (Å²) in [7, 11) is 0. The second kappa shape index (κ2) is 4.23. The molecule has 1 amide bonds. The number of anilines is 1. The third-order valence-electron chi connectivity index (χ3n) is 2.00. The van der Waals surface area contributed by atoms with Gasteiger partial charge in [0.25, 0.3) is 5.91 Å². The van der Waals surface area contributed by atoms with Crippen LogP contribution in [0.1, 0.15) is 15.9 Å². The predicted octanol–water partition coefficient (Wildman–Crippen LogP) is 1.20. The van der Waals surface area contributed by atoms with Gasteiger partial charge in [0.1, 0.15) is 5.75 Å². The van der Waals surface area contributed by atoms with E-state index in [1.165, 1.54) is 6.07 Å². The van der Waals surface area contributed by atoms with Crippen molar-refractivity contribution in [1.29, 1.82) is 0 Å². The van der Waals surface area contributed by atoms with Crippen molar-refractivity contribution in [1.82, 2.24) is 14.8 Å². The molecule has 0 saturated carbocycles. The zero-order valence-corrected chi connectivity index (χ0v) is 9.15. The van der Waals surface area contributed by atoms with Gasteiger partial charge in [-0.25, -0.2) is 0 Å². The molecule has 0 radical (unpaired) electrons. The van der Waals surface area contributed by atoms with E-state index in [2.05, 4.69) is 20.1 Å². The number of nitrogens with one attached hydrogen (secondary N) is 1. The first-order valence-electron chi connectivity index (χ1n) is 4.43. The number of hydrogen-bond acceptors (Lipinski definition) is 6. The number of phenols is 1. The SMILES string of the molecule is Cc1cccc(C(=O)Nc2nnns2)c1O. The summed E-state index contributed by atoms with van der Waals surface area (Å²) in [4.78, 5) is 11.7. The molecule has 0 aliphatic carbocycles. The average molecular weight is 236 g/mol. The number of rotatable bonds is 2. The minimum absolute atomic E-state index is 0.0301. The molecule has 2 rings (SSSR count). The molecule has 7 heteroatoms. The molecule has 1 heterocycles. The van der Waals surface area contributed by atoms with E-state index >= 15 is 0 Å². The Labute approximate surface area is 95.1 Å². The molecule has 0 aliphatic rings. The van der Waals surface area contributed by atoms with E-state index in [-0.39, 0.29) is 11.3 Å². The lowest BCUT2D eigenvalue weighted by molar-refractivity contribution is 0.102. The van der Waals surface area contributed by atoms with Gasteiger partial charge in [-0.15, -0.1) is 0 Å². The molecule has 0 fully saturated rings. The molecule has 1 aromatic heterocycles. The van der Waals surface area contributed by atoms with E-state index in [1.807, 2.05) is 0 Å². The van der Waals surface area contributed by atoms with Gasteiger partial charge in [-0.05, 0) is 23.8 Å². The van der Waals surface area contributed by atoms with E-state index in [0.29, 0.717) is 10.7 Å². The zero-order chi connectivity index (χ0) is 11.5. The van der Waals surface area contributed by atoms with Crippen LogP contribution in [0.5, 0.6) is 5.75 Å². The lowest BCUT2D eigenvalue weighted by Crippen LogP contribution is -2.12. The topological polar surface area (TPSA) is 88.0 Å². The number of aryl methyl sites for hydroxylation is 1. The van der Waals surface area contributed by atoms with Crippen molar-refractivity contribution in [2.75, 3.05) is 5.32 Å². The Morgan fingerprint density at radius 2 is 2.31 bits per heavy atom. The summed E-state index contributed by atoms with van der Waals surface area (Å²) in [6, 6.07) is 4.95. The monoisotopic (exact) mass is 236 g/mol. The van der Waals surface area contributed by atoms with Gasteiger partial charge in [0.15, 0.2) is 0 Å².